The Balaban J connectivity index is 1.44. The molecule has 0 spiro atoms. The average Bonchev–Trinajstić information content (AvgIpc) is 3.38. The van der Waals surface area contributed by atoms with Crippen molar-refractivity contribution in [3.05, 3.63) is 65.0 Å². The fourth-order valence-electron chi connectivity index (χ4n) is 4.68. The Labute approximate surface area is 189 Å². The molecule has 32 heavy (non-hydrogen) atoms. The zero-order valence-electron chi connectivity index (χ0n) is 18.8. The summed E-state index contributed by atoms with van der Waals surface area (Å²) in [6, 6.07) is 13.5. The van der Waals surface area contributed by atoms with Crippen LogP contribution in [0.25, 0.3) is 0 Å². The molecule has 170 valence electrons. The Morgan fingerprint density at radius 1 is 1.28 bits per heavy atom. The van der Waals surface area contributed by atoms with Crippen LogP contribution in [0.15, 0.2) is 47.5 Å². The number of nitrogens with one attached hydrogen (secondary N) is 1. The van der Waals surface area contributed by atoms with E-state index >= 15 is 0 Å². The van der Waals surface area contributed by atoms with Gasteiger partial charge >= 0.3 is 0 Å². The van der Waals surface area contributed by atoms with Crippen LogP contribution in [-0.4, -0.2) is 50.6 Å². The van der Waals surface area contributed by atoms with E-state index in [0.29, 0.717) is 24.4 Å². The monoisotopic (exact) mass is 438 g/mol. The van der Waals surface area contributed by atoms with Gasteiger partial charge in [-0.15, -0.1) is 0 Å². The van der Waals surface area contributed by atoms with E-state index in [1.165, 1.54) is 11.6 Å². The maximum atomic E-state index is 13.9. The van der Waals surface area contributed by atoms with Crippen molar-refractivity contribution in [1.82, 2.24) is 10.2 Å². The predicted octanol–water partition coefficient (Wildman–Crippen LogP) is 3.66. The molecule has 1 amide bonds. The highest BCUT2D eigenvalue weighted by atomic mass is 19.1. The molecule has 2 aromatic carbocycles. The Bertz CT molecular complexity index is 994. The number of anilines is 1. The maximum absolute atomic E-state index is 13.9. The van der Waals surface area contributed by atoms with E-state index in [0.717, 1.165) is 49.7 Å². The Morgan fingerprint density at radius 2 is 2.12 bits per heavy atom. The number of ether oxygens (including phenoxy) is 1. The second-order valence-electron chi connectivity index (χ2n) is 8.40. The van der Waals surface area contributed by atoms with Gasteiger partial charge in [0, 0.05) is 63.9 Å². The number of guanidine groups is 1. The molecular formula is C25H31FN4O2. The summed E-state index contributed by atoms with van der Waals surface area (Å²) >= 11 is 0. The number of amides is 1. The van der Waals surface area contributed by atoms with Crippen molar-refractivity contribution in [3.63, 3.8) is 0 Å². The van der Waals surface area contributed by atoms with Gasteiger partial charge in [-0.25, -0.2) is 4.39 Å². The molecule has 2 aliphatic rings. The van der Waals surface area contributed by atoms with Crippen LogP contribution in [0.4, 0.5) is 10.1 Å². The van der Waals surface area contributed by atoms with E-state index in [9.17, 15) is 9.18 Å². The van der Waals surface area contributed by atoms with Gasteiger partial charge in [-0.3, -0.25) is 9.79 Å². The summed E-state index contributed by atoms with van der Waals surface area (Å²) in [5.41, 5.74) is 3.96. The fourth-order valence-corrected chi connectivity index (χ4v) is 4.68. The van der Waals surface area contributed by atoms with Gasteiger partial charge in [0.25, 0.3) is 0 Å². The maximum Gasteiger partial charge on any atom is 0.222 e. The van der Waals surface area contributed by atoms with E-state index in [4.69, 9.17) is 4.74 Å². The molecule has 1 atom stereocenters. The molecule has 1 N–H and O–H groups in total. The lowest BCUT2D eigenvalue weighted by Crippen LogP contribution is -2.40. The van der Waals surface area contributed by atoms with Gasteiger partial charge in [0.15, 0.2) is 5.96 Å². The van der Waals surface area contributed by atoms with E-state index in [-0.39, 0.29) is 18.3 Å². The summed E-state index contributed by atoms with van der Waals surface area (Å²) in [5.74, 6) is 1.15. The van der Waals surface area contributed by atoms with Crippen LogP contribution in [0.5, 0.6) is 0 Å². The average molecular weight is 439 g/mol. The molecule has 4 rings (SSSR count). The summed E-state index contributed by atoms with van der Waals surface area (Å²) < 4.78 is 19.0. The lowest BCUT2D eigenvalue weighted by atomic mass is 9.98. The molecule has 2 aliphatic heterocycles. The third-order valence-electron chi connectivity index (χ3n) is 6.32. The van der Waals surface area contributed by atoms with Crippen molar-refractivity contribution >= 4 is 17.6 Å². The van der Waals surface area contributed by atoms with Gasteiger partial charge in [0.2, 0.25) is 5.91 Å². The highest BCUT2D eigenvalue weighted by molar-refractivity contribution is 5.98. The third kappa shape index (κ3) is 4.78. The number of carbonyl (C=O) groups is 1. The molecular weight excluding hydrogens is 407 g/mol. The highest BCUT2D eigenvalue weighted by Gasteiger charge is 2.32. The smallest absolute Gasteiger partial charge is 0.222 e. The second-order valence-corrected chi connectivity index (χ2v) is 8.40. The number of likely N-dealkylation sites (tertiary alicyclic amines) is 1. The number of halogens is 1. The molecule has 0 aliphatic carbocycles. The molecule has 1 fully saturated rings. The first-order valence-electron chi connectivity index (χ1n) is 11.2. The highest BCUT2D eigenvalue weighted by Crippen LogP contribution is 2.38. The molecule has 0 aromatic heterocycles. The van der Waals surface area contributed by atoms with Gasteiger partial charge < -0.3 is 19.9 Å². The van der Waals surface area contributed by atoms with E-state index in [2.05, 4.69) is 33.4 Å². The minimum absolute atomic E-state index is 0.245. The van der Waals surface area contributed by atoms with Crippen LogP contribution >= 0.6 is 0 Å². The van der Waals surface area contributed by atoms with Gasteiger partial charge in [-0.05, 0) is 42.2 Å². The van der Waals surface area contributed by atoms with Crippen LogP contribution < -0.4 is 10.2 Å². The van der Waals surface area contributed by atoms with Crippen LogP contribution in [-0.2, 0) is 22.7 Å². The number of aliphatic imine (C=N–C) groups is 1. The molecule has 2 aromatic rings. The molecule has 1 unspecified atom stereocenters. The molecule has 6 nitrogen and oxygen atoms in total. The normalized spacial score (nSPS) is 18.4. The van der Waals surface area contributed by atoms with Crippen molar-refractivity contribution in [3.8, 4) is 0 Å². The molecule has 0 bridgehead atoms. The minimum Gasteiger partial charge on any atom is -0.380 e. The number of carbonyl (C=O) groups excluding carboxylic acids is 1. The Kier molecular flexibility index (Phi) is 7.05. The molecule has 1 saturated heterocycles. The number of rotatable bonds is 7. The minimum atomic E-state index is -0.257. The largest absolute Gasteiger partial charge is 0.380 e. The molecule has 2 heterocycles. The summed E-state index contributed by atoms with van der Waals surface area (Å²) in [5, 5.41) is 3.43. The van der Waals surface area contributed by atoms with Gasteiger partial charge in [0.1, 0.15) is 5.82 Å². The van der Waals surface area contributed by atoms with E-state index < -0.39 is 0 Å². The number of benzene rings is 2. The summed E-state index contributed by atoms with van der Waals surface area (Å²) in [6.45, 7) is 3.28. The summed E-state index contributed by atoms with van der Waals surface area (Å²) in [4.78, 5) is 20.7. The lowest BCUT2D eigenvalue weighted by molar-refractivity contribution is -0.127. The molecule has 0 saturated carbocycles. The third-order valence-corrected chi connectivity index (χ3v) is 6.32. The van der Waals surface area contributed by atoms with Gasteiger partial charge in [0.05, 0.1) is 6.61 Å². The topological polar surface area (TPSA) is 57.2 Å². The van der Waals surface area contributed by atoms with Gasteiger partial charge in [-0.1, -0.05) is 24.3 Å². The summed E-state index contributed by atoms with van der Waals surface area (Å²) in [7, 11) is 3.34. The summed E-state index contributed by atoms with van der Waals surface area (Å²) in [6.07, 6.45) is 2.59. The van der Waals surface area contributed by atoms with Crippen molar-refractivity contribution in [1.29, 1.82) is 0 Å². The quantitative estimate of drug-likeness (QED) is 0.530. The Morgan fingerprint density at radius 3 is 2.88 bits per heavy atom. The van der Waals surface area contributed by atoms with E-state index in [1.807, 2.05) is 17.0 Å². The van der Waals surface area contributed by atoms with Crippen molar-refractivity contribution in [2.24, 2.45) is 4.99 Å². The van der Waals surface area contributed by atoms with Crippen LogP contribution in [0.3, 0.4) is 0 Å². The molecule has 7 heteroatoms. The first kappa shape index (κ1) is 22.3. The number of hydrogen-bond acceptors (Lipinski definition) is 3. The fraction of sp³-hybridized carbons (Fsp3) is 0.440. The SMILES string of the molecule is CN=C(NCc1ccc(F)c(COC)c1)N1CC(CCN2CCCC2=O)c2ccccc21. The number of hydrogen-bond donors (Lipinski definition) is 1. The number of fused-ring (bicyclic) bond motifs is 1. The van der Waals surface area contributed by atoms with E-state index in [1.54, 1.807) is 20.2 Å². The number of methoxy groups -OCH3 is 1. The number of para-hydroxylation sites is 1. The first-order valence-corrected chi connectivity index (χ1v) is 11.2. The number of nitrogens with zero attached hydrogens (tertiary/aromatic N) is 3. The first-order chi connectivity index (χ1) is 15.6. The van der Waals surface area contributed by atoms with Crippen LogP contribution in [0.2, 0.25) is 0 Å². The molecule has 0 radical (unpaired) electrons. The second kappa shape index (κ2) is 10.1. The Hall–Kier alpha value is -2.93. The lowest BCUT2D eigenvalue weighted by Gasteiger charge is -2.23. The zero-order chi connectivity index (χ0) is 22.5. The van der Waals surface area contributed by atoms with Crippen LogP contribution in [0, 0.1) is 5.82 Å². The zero-order valence-corrected chi connectivity index (χ0v) is 18.8. The van der Waals surface area contributed by atoms with Crippen LogP contribution in [0.1, 0.15) is 41.9 Å². The van der Waals surface area contributed by atoms with Gasteiger partial charge in [-0.2, -0.15) is 0 Å². The standard InChI is InChI=1S/C25H31FN4O2/c1-27-25(28-15-18-9-10-22(26)20(14-18)17-32-2)30-16-19(21-6-3-4-7-23(21)30)11-13-29-12-5-8-24(29)31/h3-4,6-7,9-10,14,19H,5,8,11-13,15-17H2,1-2H3,(H,27,28). The predicted molar refractivity (Wildman–Crippen MR) is 124 cm³/mol. The van der Waals surface area contributed by atoms with Crippen molar-refractivity contribution in [2.45, 2.75) is 38.3 Å². The van der Waals surface area contributed by atoms with Crippen molar-refractivity contribution in [2.75, 3.05) is 38.7 Å². The van der Waals surface area contributed by atoms with Crippen molar-refractivity contribution < 1.29 is 13.9 Å².